The van der Waals surface area contributed by atoms with Gasteiger partial charge >= 0.3 is 0 Å². The summed E-state index contributed by atoms with van der Waals surface area (Å²) in [4.78, 5) is 2.31. The largest absolute Gasteiger partial charge is 0.419 e. The first kappa shape index (κ1) is 18.1. The number of hydrogen-bond acceptors (Lipinski definition) is 5. The number of benzene rings is 1. The predicted octanol–water partition coefficient (Wildman–Crippen LogP) is 4.15. The molecule has 3 rings (SSSR count). The second-order valence-corrected chi connectivity index (χ2v) is 7.57. The molecule has 0 spiro atoms. The van der Waals surface area contributed by atoms with E-state index in [1.807, 2.05) is 30.3 Å². The Bertz CT molecular complexity index is 669. The van der Waals surface area contributed by atoms with E-state index in [0.29, 0.717) is 30.5 Å². The standard InChI is InChI=1S/C20H29N3O2/c1-5-6-12-24-17-13-16(20(17,2)3)23(4)14-18-21-22-19(25-18)15-10-8-7-9-11-15/h7-11,16-17H,5-6,12-14H2,1-4H3/t16-,17+/m1/s1. The van der Waals surface area contributed by atoms with Crippen molar-refractivity contribution in [2.75, 3.05) is 13.7 Å². The van der Waals surface area contributed by atoms with Crippen LogP contribution in [0.25, 0.3) is 11.5 Å². The van der Waals surface area contributed by atoms with E-state index in [2.05, 4.69) is 42.9 Å². The van der Waals surface area contributed by atoms with E-state index in [-0.39, 0.29) is 5.41 Å². The molecule has 1 fully saturated rings. The van der Waals surface area contributed by atoms with Crippen LogP contribution in [-0.4, -0.2) is 40.9 Å². The molecule has 25 heavy (non-hydrogen) atoms. The van der Waals surface area contributed by atoms with Crippen molar-refractivity contribution < 1.29 is 9.15 Å². The lowest BCUT2D eigenvalue weighted by atomic mass is 9.64. The molecule has 5 heteroatoms. The summed E-state index contributed by atoms with van der Waals surface area (Å²) in [7, 11) is 2.13. The number of unbranched alkanes of at least 4 members (excludes halogenated alkanes) is 1. The molecule has 1 heterocycles. The smallest absolute Gasteiger partial charge is 0.247 e. The van der Waals surface area contributed by atoms with Crippen LogP contribution in [0.4, 0.5) is 0 Å². The summed E-state index contributed by atoms with van der Waals surface area (Å²) < 4.78 is 11.9. The van der Waals surface area contributed by atoms with Gasteiger partial charge in [-0.05, 0) is 32.0 Å². The lowest BCUT2D eigenvalue weighted by molar-refractivity contribution is -0.150. The molecule has 0 aliphatic heterocycles. The summed E-state index contributed by atoms with van der Waals surface area (Å²) in [6, 6.07) is 10.3. The number of hydrogen-bond donors (Lipinski definition) is 0. The molecule has 2 aromatic rings. The fraction of sp³-hybridized carbons (Fsp3) is 0.600. The number of aromatic nitrogens is 2. The first-order valence-corrected chi connectivity index (χ1v) is 9.22. The van der Waals surface area contributed by atoms with E-state index in [4.69, 9.17) is 9.15 Å². The average Bonchev–Trinajstić information content (AvgIpc) is 3.06. The normalized spacial score (nSPS) is 22.1. The summed E-state index contributed by atoms with van der Waals surface area (Å²) in [5.41, 5.74) is 1.10. The third-order valence-corrected chi connectivity index (χ3v) is 5.35. The van der Waals surface area contributed by atoms with Crippen molar-refractivity contribution in [3.05, 3.63) is 36.2 Å². The summed E-state index contributed by atoms with van der Waals surface area (Å²) in [5.74, 6) is 1.24. The molecule has 1 aromatic carbocycles. The van der Waals surface area contributed by atoms with Gasteiger partial charge in [-0.2, -0.15) is 0 Å². The molecule has 0 saturated heterocycles. The van der Waals surface area contributed by atoms with Gasteiger partial charge < -0.3 is 9.15 Å². The van der Waals surface area contributed by atoms with Gasteiger partial charge in [0.05, 0.1) is 12.6 Å². The molecule has 0 bridgehead atoms. The highest BCUT2D eigenvalue weighted by atomic mass is 16.5. The van der Waals surface area contributed by atoms with Crippen LogP contribution in [0.15, 0.2) is 34.7 Å². The van der Waals surface area contributed by atoms with E-state index in [1.165, 1.54) is 6.42 Å². The number of ether oxygens (including phenoxy) is 1. The fourth-order valence-corrected chi connectivity index (χ4v) is 3.60. The van der Waals surface area contributed by atoms with Gasteiger partial charge in [0.15, 0.2) is 0 Å². The molecule has 1 aliphatic rings. The van der Waals surface area contributed by atoms with Gasteiger partial charge in [-0.3, -0.25) is 4.90 Å². The van der Waals surface area contributed by atoms with Crippen molar-refractivity contribution in [2.45, 2.75) is 58.7 Å². The number of rotatable bonds is 8. The third kappa shape index (κ3) is 3.93. The first-order valence-electron chi connectivity index (χ1n) is 9.22. The average molecular weight is 343 g/mol. The molecule has 1 aliphatic carbocycles. The van der Waals surface area contributed by atoms with E-state index < -0.39 is 0 Å². The van der Waals surface area contributed by atoms with E-state index >= 15 is 0 Å². The van der Waals surface area contributed by atoms with Gasteiger partial charge in [0.25, 0.3) is 0 Å². The summed E-state index contributed by atoms with van der Waals surface area (Å²) in [5, 5.41) is 8.39. The second-order valence-electron chi connectivity index (χ2n) is 7.57. The van der Waals surface area contributed by atoms with Gasteiger partial charge in [-0.15, -0.1) is 10.2 Å². The molecule has 1 aromatic heterocycles. The molecule has 2 atom stereocenters. The van der Waals surface area contributed by atoms with E-state index in [0.717, 1.165) is 25.0 Å². The molecule has 5 nitrogen and oxygen atoms in total. The molecular formula is C20H29N3O2. The van der Waals surface area contributed by atoms with Crippen LogP contribution >= 0.6 is 0 Å². The number of nitrogens with zero attached hydrogens (tertiary/aromatic N) is 3. The van der Waals surface area contributed by atoms with E-state index in [9.17, 15) is 0 Å². The van der Waals surface area contributed by atoms with Crippen molar-refractivity contribution in [3.8, 4) is 11.5 Å². The molecule has 0 radical (unpaired) electrons. The Morgan fingerprint density at radius 3 is 2.68 bits per heavy atom. The van der Waals surface area contributed by atoms with E-state index in [1.54, 1.807) is 0 Å². The van der Waals surface area contributed by atoms with Gasteiger partial charge in [0.1, 0.15) is 0 Å². The van der Waals surface area contributed by atoms with Crippen LogP contribution in [0, 0.1) is 5.41 Å². The minimum Gasteiger partial charge on any atom is -0.419 e. The monoisotopic (exact) mass is 343 g/mol. The lowest BCUT2D eigenvalue weighted by Crippen LogP contribution is -2.61. The van der Waals surface area contributed by atoms with Crippen molar-refractivity contribution in [3.63, 3.8) is 0 Å². The summed E-state index contributed by atoms with van der Waals surface area (Å²) in [6.45, 7) is 8.30. The Hall–Kier alpha value is -1.72. The fourth-order valence-electron chi connectivity index (χ4n) is 3.60. The van der Waals surface area contributed by atoms with Crippen molar-refractivity contribution in [1.29, 1.82) is 0 Å². The molecule has 1 saturated carbocycles. The summed E-state index contributed by atoms with van der Waals surface area (Å²) in [6.07, 6.45) is 3.72. The minimum absolute atomic E-state index is 0.144. The maximum atomic E-state index is 6.05. The molecule has 0 amide bonds. The zero-order valence-corrected chi connectivity index (χ0v) is 15.7. The maximum Gasteiger partial charge on any atom is 0.247 e. The first-order chi connectivity index (χ1) is 12.0. The highest BCUT2D eigenvalue weighted by Crippen LogP contribution is 2.45. The van der Waals surface area contributed by atoms with Gasteiger partial charge in [-0.1, -0.05) is 45.4 Å². The van der Waals surface area contributed by atoms with Crippen molar-refractivity contribution in [1.82, 2.24) is 15.1 Å². The quantitative estimate of drug-likeness (QED) is 0.674. The van der Waals surface area contributed by atoms with Crippen LogP contribution < -0.4 is 0 Å². The second kappa shape index (κ2) is 7.67. The summed E-state index contributed by atoms with van der Waals surface area (Å²) >= 11 is 0. The molecule has 0 N–H and O–H groups in total. The molecule has 0 unspecified atom stereocenters. The van der Waals surface area contributed by atoms with Gasteiger partial charge in [0, 0.05) is 23.6 Å². The Balaban J connectivity index is 1.56. The third-order valence-electron chi connectivity index (χ3n) is 5.35. The molecular weight excluding hydrogens is 314 g/mol. The van der Waals surface area contributed by atoms with Crippen LogP contribution in [0.1, 0.15) is 45.9 Å². The zero-order chi connectivity index (χ0) is 17.9. The lowest BCUT2D eigenvalue weighted by Gasteiger charge is -2.54. The predicted molar refractivity (Wildman–Crippen MR) is 98.0 cm³/mol. The van der Waals surface area contributed by atoms with Crippen LogP contribution in [0.3, 0.4) is 0 Å². The zero-order valence-electron chi connectivity index (χ0n) is 15.7. The minimum atomic E-state index is 0.144. The highest BCUT2D eigenvalue weighted by molar-refractivity contribution is 5.51. The van der Waals surface area contributed by atoms with Crippen LogP contribution in [0.5, 0.6) is 0 Å². The van der Waals surface area contributed by atoms with Crippen LogP contribution in [-0.2, 0) is 11.3 Å². The Morgan fingerprint density at radius 1 is 1.24 bits per heavy atom. The van der Waals surface area contributed by atoms with Crippen LogP contribution in [0.2, 0.25) is 0 Å². The maximum absolute atomic E-state index is 6.05. The van der Waals surface area contributed by atoms with Crippen molar-refractivity contribution >= 4 is 0 Å². The topological polar surface area (TPSA) is 51.4 Å². The Morgan fingerprint density at radius 2 is 2.00 bits per heavy atom. The molecule has 136 valence electrons. The Labute approximate surface area is 150 Å². The highest BCUT2D eigenvalue weighted by Gasteiger charge is 2.50. The Kier molecular flexibility index (Phi) is 5.54. The van der Waals surface area contributed by atoms with Crippen molar-refractivity contribution in [2.24, 2.45) is 5.41 Å². The van der Waals surface area contributed by atoms with Gasteiger partial charge in [-0.25, -0.2) is 0 Å². The SMILES string of the molecule is CCCCO[C@H]1C[C@@H](N(C)Cc2nnc(-c3ccccc3)o2)C1(C)C. The van der Waals surface area contributed by atoms with Gasteiger partial charge in [0.2, 0.25) is 11.8 Å².